The lowest BCUT2D eigenvalue weighted by molar-refractivity contribution is -0.217. The second kappa shape index (κ2) is 13.6. The lowest BCUT2D eigenvalue weighted by Crippen LogP contribution is -2.28. The lowest BCUT2D eigenvalue weighted by Gasteiger charge is -2.15. The number of alkyl halides is 4. The van der Waals surface area contributed by atoms with Gasteiger partial charge in [-0.25, -0.2) is 0 Å². The number of unbranched alkanes of at least 4 members (excludes halogenated alkanes) is 6. The number of carboxylic acids is 1. The molecular formula is C16H20BrClF2O3. The highest BCUT2D eigenvalue weighted by Gasteiger charge is 2.37. The third-order valence-corrected chi connectivity index (χ3v) is 3.56. The quantitative estimate of drug-likeness (QED) is 0.301. The standard InChI is InChI=1S/C16H20BrClF2O3/c17-15(18)16(19,20)23-13-11-9-7-5-3-1-2-4-6-8-10-12-14(21)22/h15H,1-4,6,8,10,12-13H2,(H,21,22). The smallest absolute Gasteiger partial charge is 0.382 e. The largest absolute Gasteiger partial charge is 0.481 e. The van der Waals surface area contributed by atoms with Gasteiger partial charge in [0.25, 0.3) is 0 Å². The van der Waals surface area contributed by atoms with Gasteiger partial charge in [0.05, 0.1) is 0 Å². The van der Waals surface area contributed by atoms with Crippen LogP contribution in [0.15, 0.2) is 0 Å². The molecule has 0 bridgehead atoms. The molecule has 0 rings (SSSR count). The first-order chi connectivity index (χ1) is 10.9. The SMILES string of the molecule is O=C(O)CCCCCCCCC#CC#CCOC(F)(F)C(Cl)Br. The van der Waals surface area contributed by atoms with E-state index in [0.717, 1.165) is 38.5 Å². The number of carbonyl (C=O) groups is 1. The van der Waals surface area contributed by atoms with Gasteiger partial charge in [0.15, 0.2) is 4.29 Å². The van der Waals surface area contributed by atoms with Gasteiger partial charge >= 0.3 is 12.1 Å². The van der Waals surface area contributed by atoms with Gasteiger partial charge in [-0.1, -0.05) is 53.5 Å². The van der Waals surface area contributed by atoms with Crippen molar-refractivity contribution >= 4 is 33.5 Å². The van der Waals surface area contributed by atoms with Gasteiger partial charge in [0, 0.05) is 12.8 Å². The Bertz CT molecular complexity index is 461. The van der Waals surface area contributed by atoms with Gasteiger partial charge in [-0.15, -0.1) is 11.6 Å². The molecule has 3 nitrogen and oxygen atoms in total. The summed E-state index contributed by atoms with van der Waals surface area (Å²) in [7, 11) is 0. The zero-order valence-electron chi connectivity index (χ0n) is 12.7. The van der Waals surface area contributed by atoms with Crippen LogP contribution in [0.5, 0.6) is 0 Å². The van der Waals surface area contributed by atoms with E-state index in [9.17, 15) is 13.6 Å². The van der Waals surface area contributed by atoms with Crippen molar-refractivity contribution in [2.24, 2.45) is 0 Å². The van der Waals surface area contributed by atoms with Crippen molar-refractivity contribution < 1.29 is 23.4 Å². The summed E-state index contributed by atoms with van der Waals surface area (Å²) >= 11 is 7.70. The van der Waals surface area contributed by atoms with Gasteiger partial charge in [-0.05, 0) is 24.7 Å². The van der Waals surface area contributed by atoms with Gasteiger partial charge in [-0.3, -0.25) is 4.79 Å². The number of hydrogen-bond donors (Lipinski definition) is 1. The zero-order valence-corrected chi connectivity index (χ0v) is 15.1. The number of ether oxygens (including phenoxy) is 1. The number of carboxylic acid groups (broad SMARTS) is 1. The first-order valence-corrected chi connectivity index (χ1v) is 8.69. The van der Waals surface area contributed by atoms with E-state index >= 15 is 0 Å². The van der Waals surface area contributed by atoms with Crippen LogP contribution in [0.2, 0.25) is 0 Å². The normalized spacial score (nSPS) is 11.8. The van der Waals surface area contributed by atoms with Gasteiger partial charge in [0.1, 0.15) is 6.61 Å². The van der Waals surface area contributed by atoms with Crippen molar-refractivity contribution in [2.45, 2.75) is 61.8 Å². The van der Waals surface area contributed by atoms with Crippen LogP contribution < -0.4 is 0 Å². The van der Waals surface area contributed by atoms with Crippen LogP contribution >= 0.6 is 27.5 Å². The first-order valence-electron chi connectivity index (χ1n) is 7.33. The Kier molecular flexibility index (Phi) is 13.1. The molecule has 130 valence electrons. The summed E-state index contributed by atoms with van der Waals surface area (Å²) in [6, 6.07) is 0. The molecular weight excluding hydrogens is 394 g/mol. The maximum absolute atomic E-state index is 12.9. The summed E-state index contributed by atoms with van der Waals surface area (Å²) in [5.74, 6) is 9.50. The third-order valence-electron chi connectivity index (χ3n) is 2.77. The maximum Gasteiger partial charge on any atom is 0.382 e. The van der Waals surface area contributed by atoms with Crippen LogP contribution in [0.1, 0.15) is 51.4 Å². The van der Waals surface area contributed by atoms with E-state index < -0.39 is 23.0 Å². The fourth-order valence-electron chi connectivity index (χ4n) is 1.58. The predicted molar refractivity (Wildman–Crippen MR) is 89.6 cm³/mol. The molecule has 0 radical (unpaired) electrons. The molecule has 0 saturated carbocycles. The minimum absolute atomic E-state index is 0.237. The second-order valence-electron chi connectivity index (χ2n) is 4.77. The molecule has 0 saturated heterocycles. The molecule has 0 aromatic rings. The van der Waals surface area contributed by atoms with Gasteiger partial charge in [-0.2, -0.15) is 8.78 Å². The zero-order chi connectivity index (χ0) is 17.6. The highest BCUT2D eigenvalue weighted by molar-refractivity contribution is 9.10. The monoisotopic (exact) mass is 412 g/mol. The summed E-state index contributed by atoms with van der Waals surface area (Å²) in [5.41, 5.74) is 0. The van der Waals surface area contributed by atoms with Crippen LogP contribution in [-0.4, -0.2) is 28.1 Å². The molecule has 1 N–H and O–H groups in total. The number of halogens is 4. The van der Waals surface area contributed by atoms with Crippen LogP contribution in [-0.2, 0) is 9.53 Å². The van der Waals surface area contributed by atoms with Crippen molar-refractivity contribution in [1.82, 2.24) is 0 Å². The van der Waals surface area contributed by atoms with E-state index in [1.807, 2.05) is 0 Å². The predicted octanol–water partition coefficient (Wildman–Crippen LogP) is 4.77. The van der Waals surface area contributed by atoms with Crippen LogP contribution in [0, 0.1) is 23.7 Å². The average molecular weight is 414 g/mol. The molecule has 1 unspecified atom stereocenters. The summed E-state index contributed by atoms with van der Waals surface area (Å²) in [6.07, 6.45) is 3.20. The highest BCUT2D eigenvalue weighted by atomic mass is 79.9. The molecule has 0 aliphatic carbocycles. The lowest BCUT2D eigenvalue weighted by atomic mass is 10.1. The fraction of sp³-hybridized carbons (Fsp3) is 0.688. The van der Waals surface area contributed by atoms with Crippen molar-refractivity contribution in [3.05, 3.63) is 0 Å². The van der Waals surface area contributed by atoms with Crippen molar-refractivity contribution in [3.8, 4) is 23.7 Å². The van der Waals surface area contributed by atoms with E-state index in [1.165, 1.54) is 0 Å². The van der Waals surface area contributed by atoms with Crippen LogP contribution in [0.4, 0.5) is 8.78 Å². The molecule has 0 fully saturated rings. The summed E-state index contributed by atoms with van der Waals surface area (Å²) < 4.78 is 28.4. The Balaban J connectivity index is 3.54. The molecule has 23 heavy (non-hydrogen) atoms. The highest BCUT2D eigenvalue weighted by Crippen LogP contribution is 2.28. The molecule has 0 spiro atoms. The average Bonchev–Trinajstić information content (AvgIpc) is 2.47. The molecule has 0 aromatic carbocycles. The molecule has 0 aromatic heterocycles. The van der Waals surface area contributed by atoms with Crippen LogP contribution in [0.3, 0.4) is 0 Å². The fourth-order valence-corrected chi connectivity index (χ4v) is 1.77. The summed E-state index contributed by atoms with van der Waals surface area (Å²) in [5, 5.41) is 8.48. The number of hydrogen-bond acceptors (Lipinski definition) is 2. The Labute approximate surface area is 149 Å². The number of rotatable bonds is 11. The van der Waals surface area contributed by atoms with Crippen LogP contribution in [0.25, 0.3) is 0 Å². The molecule has 1 atom stereocenters. The Morgan fingerprint density at radius 3 is 2.30 bits per heavy atom. The first kappa shape index (κ1) is 22.2. The molecule has 0 aliphatic rings. The minimum atomic E-state index is -3.46. The van der Waals surface area contributed by atoms with Crippen molar-refractivity contribution in [2.75, 3.05) is 6.61 Å². The second-order valence-corrected chi connectivity index (χ2v) is 6.65. The van der Waals surface area contributed by atoms with E-state index in [-0.39, 0.29) is 6.42 Å². The van der Waals surface area contributed by atoms with Crippen molar-refractivity contribution in [1.29, 1.82) is 0 Å². The Morgan fingerprint density at radius 2 is 1.70 bits per heavy atom. The molecule has 0 amide bonds. The van der Waals surface area contributed by atoms with E-state index in [1.54, 1.807) is 0 Å². The Morgan fingerprint density at radius 1 is 1.13 bits per heavy atom. The summed E-state index contributed by atoms with van der Waals surface area (Å²) in [4.78, 5) is 10.3. The van der Waals surface area contributed by atoms with E-state index in [2.05, 4.69) is 44.3 Å². The summed E-state index contributed by atoms with van der Waals surface area (Å²) in [6.45, 7) is -0.438. The van der Waals surface area contributed by atoms with E-state index in [0.29, 0.717) is 6.42 Å². The minimum Gasteiger partial charge on any atom is -0.481 e. The van der Waals surface area contributed by atoms with E-state index in [4.69, 9.17) is 16.7 Å². The van der Waals surface area contributed by atoms with Crippen molar-refractivity contribution in [3.63, 3.8) is 0 Å². The topological polar surface area (TPSA) is 46.5 Å². The Hall–Kier alpha value is -0.820. The van der Waals surface area contributed by atoms with Gasteiger partial charge in [0.2, 0.25) is 0 Å². The molecule has 7 heteroatoms. The number of aliphatic carboxylic acids is 1. The van der Waals surface area contributed by atoms with Gasteiger partial charge < -0.3 is 9.84 Å². The molecule has 0 heterocycles. The molecule has 0 aliphatic heterocycles. The third kappa shape index (κ3) is 14.5. The maximum atomic E-state index is 12.9.